The lowest BCUT2D eigenvalue weighted by Crippen LogP contribution is -2.37. The van der Waals surface area contributed by atoms with Gasteiger partial charge in [0.15, 0.2) is 0 Å². The molecule has 0 saturated carbocycles. The van der Waals surface area contributed by atoms with Gasteiger partial charge in [0.05, 0.1) is 23.0 Å². The van der Waals surface area contributed by atoms with Gasteiger partial charge in [-0.25, -0.2) is 9.78 Å². The zero-order valence-corrected chi connectivity index (χ0v) is 18.0. The van der Waals surface area contributed by atoms with Gasteiger partial charge in [0.25, 0.3) is 5.56 Å². The first-order valence-corrected chi connectivity index (χ1v) is 9.90. The molecule has 0 aliphatic heterocycles. The van der Waals surface area contributed by atoms with Crippen LogP contribution in [0, 0.1) is 6.92 Å². The van der Waals surface area contributed by atoms with E-state index in [0.717, 1.165) is 29.6 Å². The van der Waals surface area contributed by atoms with E-state index in [-0.39, 0.29) is 11.0 Å². The number of nitrogens with one attached hydrogen (secondary N) is 1. The summed E-state index contributed by atoms with van der Waals surface area (Å²) in [6.07, 6.45) is 6.35. The molecule has 158 valence electrons. The zero-order chi connectivity index (χ0) is 22.0. The van der Waals surface area contributed by atoms with Gasteiger partial charge in [0, 0.05) is 32.3 Å². The monoisotopic (exact) mass is 430 g/mol. The summed E-state index contributed by atoms with van der Waals surface area (Å²) in [7, 11) is 2.93. The lowest BCUT2D eigenvalue weighted by Gasteiger charge is -2.08. The maximum atomic E-state index is 12.4. The fraction of sp³-hybridized carbons (Fsp3) is 0.350. The smallest absolute Gasteiger partial charge is 0.321 e. The number of aromatic nitrogens is 5. The van der Waals surface area contributed by atoms with Crippen LogP contribution in [0.1, 0.15) is 31.0 Å². The first-order chi connectivity index (χ1) is 14.2. The van der Waals surface area contributed by atoms with Crippen molar-refractivity contribution < 1.29 is 4.79 Å². The van der Waals surface area contributed by atoms with E-state index < -0.39 is 17.2 Å². The number of nitrogens with zero attached hydrogens (tertiary/aromatic N) is 5. The molecule has 9 nitrogen and oxygen atoms in total. The molecule has 0 aliphatic carbocycles. The third-order valence-electron chi connectivity index (χ3n) is 4.80. The number of fused-ring (bicyclic) bond motifs is 1. The molecule has 3 aromatic heterocycles. The molecule has 0 unspecified atom stereocenters. The Morgan fingerprint density at radius 1 is 1.27 bits per heavy atom. The molecule has 30 heavy (non-hydrogen) atoms. The van der Waals surface area contributed by atoms with Gasteiger partial charge in [-0.3, -0.25) is 23.4 Å². The van der Waals surface area contributed by atoms with Crippen LogP contribution in [0.25, 0.3) is 17.1 Å². The van der Waals surface area contributed by atoms with Gasteiger partial charge in [-0.2, -0.15) is 5.10 Å². The van der Waals surface area contributed by atoms with Crippen LogP contribution >= 0.6 is 11.6 Å². The Bertz CT molecular complexity index is 1270. The summed E-state index contributed by atoms with van der Waals surface area (Å²) >= 11 is 6.38. The minimum absolute atomic E-state index is 0.234. The summed E-state index contributed by atoms with van der Waals surface area (Å²) in [5.74, 6) is -0.408. The van der Waals surface area contributed by atoms with E-state index in [4.69, 9.17) is 11.6 Å². The van der Waals surface area contributed by atoms with Crippen molar-refractivity contribution >= 4 is 40.3 Å². The molecule has 3 heterocycles. The first-order valence-electron chi connectivity index (χ1n) is 9.52. The van der Waals surface area contributed by atoms with E-state index in [1.54, 1.807) is 10.8 Å². The Morgan fingerprint density at radius 3 is 2.70 bits per heavy atom. The summed E-state index contributed by atoms with van der Waals surface area (Å²) < 4.78 is 4.00. The standard InChI is InChI=1S/C20H23ClN6O3/c1-5-6-9-27-17(21)14(12(2)24-27)7-8-16(28)23-13-10-15-18(22-11-13)25(3)20(30)26(4)19(15)29/h7-8,10-11H,5-6,9H2,1-4H3,(H,23,28)/b8-7+. The van der Waals surface area contributed by atoms with Crippen molar-refractivity contribution in [1.29, 1.82) is 0 Å². The normalized spacial score (nSPS) is 11.5. The molecule has 10 heteroatoms. The number of carbonyl (C=O) groups is 1. The van der Waals surface area contributed by atoms with Crippen molar-refractivity contribution in [1.82, 2.24) is 23.9 Å². The minimum atomic E-state index is -0.478. The lowest BCUT2D eigenvalue weighted by molar-refractivity contribution is -0.111. The molecule has 0 saturated heterocycles. The Labute approximate surface area is 177 Å². The number of hydrogen-bond acceptors (Lipinski definition) is 5. The summed E-state index contributed by atoms with van der Waals surface area (Å²) in [4.78, 5) is 40.9. The number of amides is 1. The van der Waals surface area contributed by atoms with Gasteiger partial charge in [-0.15, -0.1) is 0 Å². The SMILES string of the molecule is CCCCn1nc(C)c(/C=C/C(=O)Nc2cnc3c(c2)c(=O)n(C)c(=O)n3C)c1Cl. The second kappa shape index (κ2) is 8.66. The summed E-state index contributed by atoms with van der Waals surface area (Å²) in [5, 5.41) is 7.80. The van der Waals surface area contributed by atoms with E-state index in [0.29, 0.717) is 16.4 Å². The topological polar surface area (TPSA) is 104 Å². The average molecular weight is 431 g/mol. The third kappa shape index (κ3) is 4.06. The van der Waals surface area contributed by atoms with E-state index in [9.17, 15) is 14.4 Å². The van der Waals surface area contributed by atoms with Gasteiger partial charge < -0.3 is 5.32 Å². The number of anilines is 1. The fourth-order valence-electron chi connectivity index (χ4n) is 3.09. The van der Waals surface area contributed by atoms with Crippen molar-refractivity contribution in [3.63, 3.8) is 0 Å². The molecule has 0 atom stereocenters. The Hall–Kier alpha value is -3.20. The molecular weight excluding hydrogens is 408 g/mol. The van der Waals surface area contributed by atoms with Crippen LogP contribution in [0.3, 0.4) is 0 Å². The molecule has 0 bridgehead atoms. The second-order valence-electron chi connectivity index (χ2n) is 6.99. The quantitative estimate of drug-likeness (QED) is 0.604. The summed E-state index contributed by atoms with van der Waals surface area (Å²) in [6, 6.07) is 1.50. The number of aryl methyl sites for hydroxylation is 3. The average Bonchev–Trinajstić information content (AvgIpc) is 3.00. The maximum absolute atomic E-state index is 12.4. The van der Waals surface area contributed by atoms with Crippen LogP contribution in [0.2, 0.25) is 5.15 Å². The van der Waals surface area contributed by atoms with Crippen molar-refractivity contribution in [2.24, 2.45) is 14.1 Å². The Morgan fingerprint density at radius 2 is 2.00 bits per heavy atom. The highest BCUT2D eigenvalue weighted by atomic mass is 35.5. The van der Waals surface area contributed by atoms with Crippen LogP contribution < -0.4 is 16.6 Å². The van der Waals surface area contributed by atoms with Gasteiger partial charge in [-0.1, -0.05) is 24.9 Å². The highest BCUT2D eigenvalue weighted by molar-refractivity contribution is 6.31. The van der Waals surface area contributed by atoms with Crippen LogP contribution in [0.4, 0.5) is 5.69 Å². The molecule has 0 aromatic carbocycles. The highest BCUT2D eigenvalue weighted by Crippen LogP contribution is 2.22. The van der Waals surface area contributed by atoms with Gasteiger partial charge in [0.1, 0.15) is 10.8 Å². The van der Waals surface area contributed by atoms with Crippen molar-refractivity contribution in [3.05, 3.63) is 55.6 Å². The van der Waals surface area contributed by atoms with Crippen molar-refractivity contribution in [2.75, 3.05) is 5.32 Å². The van der Waals surface area contributed by atoms with E-state index in [1.165, 1.54) is 37.0 Å². The molecule has 0 spiro atoms. The predicted molar refractivity (Wildman–Crippen MR) is 117 cm³/mol. The largest absolute Gasteiger partial charge is 0.332 e. The number of pyridine rings is 1. The van der Waals surface area contributed by atoms with Crippen LogP contribution in [-0.4, -0.2) is 29.8 Å². The third-order valence-corrected chi connectivity index (χ3v) is 5.19. The van der Waals surface area contributed by atoms with Gasteiger partial charge in [-0.05, 0) is 25.5 Å². The Balaban J connectivity index is 1.83. The molecule has 1 N–H and O–H groups in total. The maximum Gasteiger partial charge on any atom is 0.332 e. The number of carbonyl (C=O) groups excluding carboxylic acids is 1. The Kier molecular flexibility index (Phi) is 6.21. The van der Waals surface area contributed by atoms with E-state index in [1.807, 2.05) is 6.92 Å². The lowest BCUT2D eigenvalue weighted by atomic mass is 10.2. The number of rotatable bonds is 6. The summed E-state index contributed by atoms with van der Waals surface area (Å²) in [6.45, 7) is 4.64. The fourth-order valence-corrected chi connectivity index (χ4v) is 3.41. The number of halogens is 1. The van der Waals surface area contributed by atoms with E-state index in [2.05, 4.69) is 22.3 Å². The van der Waals surface area contributed by atoms with Crippen molar-refractivity contribution in [2.45, 2.75) is 33.2 Å². The van der Waals surface area contributed by atoms with Crippen LogP contribution in [-0.2, 0) is 25.4 Å². The van der Waals surface area contributed by atoms with Gasteiger partial charge in [0.2, 0.25) is 5.91 Å². The van der Waals surface area contributed by atoms with Crippen LogP contribution in [0.5, 0.6) is 0 Å². The molecule has 1 amide bonds. The number of hydrogen-bond donors (Lipinski definition) is 1. The van der Waals surface area contributed by atoms with Crippen LogP contribution in [0.15, 0.2) is 27.9 Å². The summed E-state index contributed by atoms with van der Waals surface area (Å²) in [5.41, 5.74) is 1.06. The minimum Gasteiger partial charge on any atom is -0.321 e. The molecule has 3 rings (SSSR count). The molecule has 0 fully saturated rings. The predicted octanol–water partition coefficient (Wildman–Crippen LogP) is 2.24. The second-order valence-corrected chi connectivity index (χ2v) is 7.35. The molecule has 0 aliphatic rings. The number of unbranched alkanes of at least 4 members (excludes halogenated alkanes) is 1. The zero-order valence-electron chi connectivity index (χ0n) is 17.3. The molecule has 0 radical (unpaired) electrons. The first kappa shape index (κ1) is 21.5. The van der Waals surface area contributed by atoms with Crippen molar-refractivity contribution in [3.8, 4) is 0 Å². The molecule has 3 aromatic rings. The molecular formula is C20H23ClN6O3. The van der Waals surface area contributed by atoms with Gasteiger partial charge >= 0.3 is 5.69 Å². The highest BCUT2D eigenvalue weighted by Gasteiger charge is 2.13. The van der Waals surface area contributed by atoms with E-state index >= 15 is 0 Å².